The summed E-state index contributed by atoms with van der Waals surface area (Å²) in [6.07, 6.45) is -3.19. The summed E-state index contributed by atoms with van der Waals surface area (Å²) in [5.74, 6) is -0.716. The molecule has 0 saturated heterocycles. The van der Waals surface area contributed by atoms with Gasteiger partial charge in [0.15, 0.2) is 0 Å². The molecule has 2 atom stereocenters. The van der Waals surface area contributed by atoms with Crippen LogP contribution in [0.5, 0.6) is 0 Å². The molecular formula is C14H21F4N3. The minimum absolute atomic E-state index is 0.192. The van der Waals surface area contributed by atoms with Gasteiger partial charge in [0.1, 0.15) is 5.82 Å². The van der Waals surface area contributed by atoms with Gasteiger partial charge in [-0.25, -0.2) is 4.39 Å². The van der Waals surface area contributed by atoms with Crippen LogP contribution in [0.2, 0.25) is 0 Å². The molecule has 1 aromatic rings. The fourth-order valence-corrected chi connectivity index (χ4v) is 2.05. The predicted octanol–water partition coefficient (Wildman–Crippen LogP) is 3.13. The predicted molar refractivity (Wildman–Crippen MR) is 73.1 cm³/mol. The minimum atomic E-state index is -4.25. The van der Waals surface area contributed by atoms with E-state index in [1.54, 1.807) is 20.8 Å². The summed E-state index contributed by atoms with van der Waals surface area (Å²) in [5.41, 5.74) is 6.48. The molecule has 0 aliphatic carbocycles. The van der Waals surface area contributed by atoms with Gasteiger partial charge in [-0.2, -0.15) is 13.2 Å². The summed E-state index contributed by atoms with van der Waals surface area (Å²) < 4.78 is 50.5. The summed E-state index contributed by atoms with van der Waals surface area (Å²) >= 11 is 0. The van der Waals surface area contributed by atoms with E-state index in [4.69, 9.17) is 5.73 Å². The average Bonchev–Trinajstić information content (AvgIpc) is 2.36. The highest BCUT2D eigenvalue weighted by atomic mass is 19.4. The molecule has 7 heteroatoms. The Bertz CT molecular complexity index is 431. The van der Waals surface area contributed by atoms with E-state index in [1.165, 1.54) is 17.0 Å². The Morgan fingerprint density at radius 1 is 1.24 bits per heavy atom. The molecule has 0 aliphatic rings. The Kier molecular flexibility index (Phi) is 6.10. The van der Waals surface area contributed by atoms with Crippen LogP contribution < -0.4 is 5.73 Å². The number of alkyl halides is 3. The van der Waals surface area contributed by atoms with Gasteiger partial charge < -0.3 is 5.73 Å². The Balaban J connectivity index is 2.72. The number of nitrogens with zero attached hydrogens (tertiary/aromatic N) is 2. The van der Waals surface area contributed by atoms with Crippen molar-refractivity contribution in [3.05, 3.63) is 29.8 Å². The lowest BCUT2D eigenvalue weighted by Crippen LogP contribution is -2.43. The molecular weight excluding hydrogens is 286 g/mol. The molecule has 2 N–H and O–H groups in total. The zero-order chi connectivity index (χ0) is 16.2. The van der Waals surface area contributed by atoms with Crippen LogP contribution in [-0.4, -0.2) is 35.2 Å². The van der Waals surface area contributed by atoms with Crippen LogP contribution in [0.15, 0.2) is 18.3 Å². The zero-order valence-electron chi connectivity index (χ0n) is 12.4. The van der Waals surface area contributed by atoms with Crippen molar-refractivity contribution in [1.29, 1.82) is 0 Å². The first kappa shape index (κ1) is 17.8. The molecule has 0 bridgehead atoms. The molecule has 2 unspecified atom stereocenters. The molecule has 0 spiro atoms. The number of nitrogens with two attached hydrogens (primary N) is 1. The van der Waals surface area contributed by atoms with Gasteiger partial charge in [0, 0.05) is 12.6 Å². The lowest BCUT2D eigenvalue weighted by atomic mass is 9.98. The molecule has 21 heavy (non-hydrogen) atoms. The summed E-state index contributed by atoms with van der Waals surface area (Å²) in [6, 6.07) is 1.91. The van der Waals surface area contributed by atoms with Gasteiger partial charge in [-0.15, -0.1) is 0 Å². The molecule has 0 radical (unpaired) electrons. The quantitative estimate of drug-likeness (QED) is 0.821. The van der Waals surface area contributed by atoms with Gasteiger partial charge in [0.25, 0.3) is 0 Å². The molecule has 1 heterocycles. The van der Waals surface area contributed by atoms with E-state index in [0.717, 1.165) is 6.20 Å². The van der Waals surface area contributed by atoms with Crippen molar-refractivity contribution in [2.75, 3.05) is 13.1 Å². The van der Waals surface area contributed by atoms with Crippen LogP contribution in [0.4, 0.5) is 17.6 Å². The third kappa shape index (κ3) is 5.97. The van der Waals surface area contributed by atoms with Crippen molar-refractivity contribution in [2.45, 2.75) is 39.0 Å². The SMILES string of the molecule is CC(CN(CC(F)(F)F)C(C)C)C(N)c1ccc(F)cn1. The number of hydrogen-bond donors (Lipinski definition) is 1. The number of hydrogen-bond acceptors (Lipinski definition) is 3. The van der Waals surface area contributed by atoms with Gasteiger partial charge in [-0.3, -0.25) is 9.88 Å². The van der Waals surface area contributed by atoms with Crippen LogP contribution >= 0.6 is 0 Å². The first-order valence-electron chi connectivity index (χ1n) is 6.78. The highest BCUT2D eigenvalue weighted by molar-refractivity contribution is 5.10. The second kappa shape index (κ2) is 7.17. The molecule has 0 fully saturated rings. The topological polar surface area (TPSA) is 42.1 Å². The first-order valence-corrected chi connectivity index (χ1v) is 6.78. The number of halogens is 4. The van der Waals surface area contributed by atoms with Gasteiger partial charge in [-0.05, 0) is 31.9 Å². The molecule has 0 amide bonds. The van der Waals surface area contributed by atoms with E-state index in [2.05, 4.69) is 4.98 Å². The maximum atomic E-state index is 12.8. The minimum Gasteiger partial charge on any atom is -0.322 e. The highest BCUT2D eigenvalue weighted by Crippen LogP contribution is 2.23. The Morgan fingerprint density at radius 2 is 1.86 bits per heavy atom. The number of rotatable bonds is 6. The van der Waals surface area contributed by atoms with E-state index in [0.29, 0.717) is 5.69 Å². The van der Waals surface area contributed by atoms with Crippen LogP contribution in [0.25, 0.3) is 0 Å². The van der Waals surface area contributed by atoms with Crippen molar-refractivity contribution in [3.8, 4) is 0 Å². The van der Waals surface area contributed by atoms with Gasteiger partial charge >= 0.3 is 6.18 Å². The Morgan fingerprint density at radius 3 is 2.29 bits per heavy atom. The van der Waals surface area contributed by atoms with Crippen molar-refractivity contribution in [2.24, 2.45) is 11.7 Å². The van der Waals surface area contributed by atoms with Crippen molar-refractivity contribution in [1.82, 2.24) is 9.88 Å². The Labute approximate surface area is 122 Å². The van der Waals surface area contributed by atoms with E-state index >= 15 is 0 Å². The normalized spacial score (nSPS) is 15.5. The van der Waals surface area contributed by atoms with Gasteiger partial charge in [0.2, 0.25) is 0 Å². The summed E-state index contributed by atoms with van der Waals surface area (Å²) in [4.78, 5) is 5.21. The van der Waals surface area contributed by atoms with E-state index in [9.17, 15) is 17.6 Å². The second-order valence-electron chi connectivity index (χ2n) is 5.54. The molecule has 0 saturated carbocycles. The molecule has 1 rings (SSSR count). The van der Waals surface area contributed by atoms with Gasteiger partial charge in [0.05, 0.1) is 24.5 Å². The molecule has 0 aromatic carbocycles. The summed E-state index contributed by atoms with van der Waals surface area (Å²) in [6.45, 7) is 4.40. The third-order valence-electron chi connectivity index (χ3n) is 3.34. The molecule has 0 aliphatic heterocycles. The summed E-state index contributed by atoms with van der Waals surface area (Å²) in [5, 5.41) is 0. The van der Waals surface area contributed by atoms with Crippen LogP contribution in [0.1, 0.15) is 32.5 Å². The zero-order valence-corrected chi connectivity index (χ0v) is 12.4. The van der Waals surface area contributed by atoms with Gasteiger partial charge in [-0.1, -0.05) is 6.92 Å². The third-order valence-corrected chi connectivity index (χ3v) is 3.34. The highest BCUT2D eigenvalue weighted by Gasteiger charge is 2.33. The van der Waals surface area contributed by atoms with Crippen LogP contribution in [0, 0.1) is 11.7 Å². The number of pyridine rings is 1. The number of aromatic nitrogens is 1. The largest absolute Gasteiger partial charge is 0.401 e. The second-order valence-corrected chi connectivity index (χ2v) is 5.54. The maximum absolute atomic E-state index is 12.8. The monoisotopic (exact) mass is 307 g/mol. The fraction of sp³-hybridized carbons (Fsp3) is 0.643. The molecule has 120 valence electrons. The smallest absolute Gasteiger partial charge is 0.322 e. The maximum Gasteiger partial charge on any atom is 0.401 e. The van der Waals surface area contributed by atoms with E-state index < -0.39 is 24.6 Å². The molecule has 3 nitrogen and oxygen atoms in total. The Hall–Kier alpha value is -1.21. The van der Waals surface area contributed by atoms with E-state index in [-0.39, 0.29) is 18.5 Å². The van der Waals surface area contributed by atoms with Crippen LogP contribution in [-0.2, 0) is 0 Å². The van der Waals surface area contributed by atoms with Crippen molar-refractivity contribution >= 4 is 0 Å². The van der Waals surface area contributed by atoms with Crippen molar-refractivity contribution in [3.63, 3.8) is 0 Å². The standard InChI is InChI=1S/C14H21F4N3/c1-9(2)21(8-14(16,17)18)7-10(3)13(19)12-5-4-11(15)6-20-12/h4-6,9-10,13H,7-8,19H2,1-3H3. The lowest BCUT2D eigenvalue weighted by molar-refractivity contribution is -0.151. The van der Waals surface area contributed by atoms with Crippen LogP contribution in [0.3, 0.4) is 0 Å². The fourth-order valence-electron chi connectivity index (χ4n) is 2.05. The van der Waals surface area contributed by atoms with Crippen molar-refractivity contribution < 1.29 is 17.6 Å². The lowest BCUT2D eigenvalue weighted by Gasteiger charge is -2.32. The average molecular weight is 307 g/mol. The van der Waals surface area contributed by atoms with E-state index in [1.807, 2.05) is 0 Å². The summed E-state index contributed by atoms with van der Waals surface area (Å²) in [7, 11) is 0. The first-order chi connectivity index (χ1) is 9.60. The molecule has 1 aromatic heterocycles.